The number of hydrogen-bond acceptors (Lipinski definition) is 4. The molecule has 1 aromatic heterocycles. The number of nitriles is 1. The van der Waals surface area contributed by atoms with Crippen LogP contribution in [0.25, 0.3) is 0 Å². The van der Waals surface area contributed by atoms with Crippen molar-refractivity contribution in [1.82, 2.24) is 0 Å². The van der Waals surface area contributed by atoms with E-state index in [9.17, 15) is 8.42 Å². The maximum atomic E-state index is 12.2. The number of aryl methyl sites for hydroxylation is 1. The van der Waals surface area contributed by atoms with Gasteiger partial charge >= 0.3 is 0 Å². The molecule has 2 aromatic rings. The lowest BCUT2D eigenvalue weighted by Crippen LogP contribution is -2.12. The molecule has 4 nitrogen and oxygen atoms in total. The standard InChI is InChI=1S/C13H11ClN2O2S2/c14-7-5-10-1-3-12(4-2-10)20(17,18)16-13-11(9-15)6-8-19-13/h1-4,6,8,16H,5,7H2. The number of nitrogens with one attached hydrogen (secondary N) is 1. The predicted octanol–water partition coefficient (Wildman–Crippen LogP) is 3.20. The molecule has 0 aliphatic rings. The highest BCUT2D eigenvalue weighted by molar-refractivity contribution is 7.93. The Morgan fingerprint density at radius 2 is 1.95 bits per heavy atom. The van der Waals surface area contributed by atoms with Gasteiger partial charge in [-0.1, -0.05) is 12.1 Å². The molecule has 7 heteroatoms. The summed E-state index contributed by atoms with van der Waals surface area (Å²) in [4.78, 5) is 0.160. The summed E-state index contributed by atoms with van der Waals surface area (Å²) in [7, 11) is -3.67. The first kappa shape index (κ1) is 14.9. The first-order valence-corrected chi connectivity index (χ1v) is 8.62. The molecule has 2 rings (SSSR count). The summed E-state index contributed by atoms with van der Waals surface area (Å²) in [6, 6.07) is 10.0. The molecule has 0 saturated heterocycles. The number of alkyl halides is 1. The van der Waals surface area contributed by atoms with Gasteiger partial charge in [0.2, 0.25) is 0 Å². The van der Waals surface area contributed by atoms with Crippen LogP contribution in [0.5, 0.6) is 0 Å². The summed E-state index contributed by atoms with van der Waals surface area (Å²) >= 11 is 6.81. The summed E-state index contributed by atoms with van der Waals surface area (Å²) in [6.45, 7) is 0. The van der Waals surface area contributed by atoms with E-state index in [2.05, 4.69) is 4.72 Å². The number of nitrogens with zero attached hydrogens (tertiary/aromatic N) is 1. The smallest absolute Gasteiger partial charge is 0.262 e. The van der Waals surface area contributed by atoms with Crippen molar-refractivity contribution in [3.8, 4) is 6.07 Å². The van der Waals surface area contributed by atoms with Crippen LogP contribution in [0.4, 0.5) is 5.00 Å². The summed E-state index contributed by atoms with van der Waals surface area (Å²) in [5.74, 6) is 0.491. The van der Waals surface area contributed by atoms with Crippen molar-refractivity contribution in [3.05, 3.63) is 46.8 Å². The SMILES string of the molecule is N#Cc1ccsc1NS(=O)(=O)c1ccc(CCCl)cc1. The average molecular weight is 327 g/mol. The number of benzene rings is 1. The van der Waals surface area contributed by atoms with Crippen molar-refractivity contribution in [2.45, 2.75) is 11.3 Å². The van der Waals surface area contributed by atoms with E-state index in [4.69, 9.17) is 16.9 Å². The molecular weight excluding hydrogens is 316 g/mol. The third-order valence-electron chi connectivity index (χ3n) is 2.63. The van der Waals surface area contributed by atoms with Gasteiger partial charge < -0.3 is 0 Å². The van der Waals surface area contributed by atoms with Gasteiger partial charge in [-0.15, -0.1) is 22.9 Å². The second kappa shape index (κ2) is 6.27. The molecule has 0 radical (unpaired) electrons. The highest BCUT2D eigenvalue weighted by Gasteiger charge is 2.16. The van der Waals surface area contributed by atoms with Gasteiger partial charge in [-0.25, -0.2) is 8.42 Å². The summed E-state index contributed by atoms with van der Waals surface area (Å²) in [5.41, 5.74) is 1.30. The van der Waals surface area contributed by atoms with Gasteiger partial charge in [0.25, 0.3) is 10.0 Å². The molecule has 104 valence electrons. The van der Waals surface area contributed by atoms with E-state index < -0.39 is 10.0 Å². The Kier molecular flexibility index (Phi) is 4.65. The second-order valence-electron chi connectivity index (χ2n) is 3.96. The molecular formula is C13H11ClN2O2S2. The first-order chi connectivity index (χ1) is 9.56. The minimum atomic E-state index is -3.67. The fourth-order valence-corrected chi connectivity index (χ4v) is 3.89. The zero-order chi connectivity index (χ0) is 14.6. The topological polar surface area (TPSA) is 70.0 Å². The summed E-state index contributed by atoms with van der Waals surface area (Å²) < 4.78 is 26.8. The van der Waals surface area contributed by atoms with Gasteiger partial charge in [0.1, 0.15) is 11.1 Å². The van der Waals surface area contributed by atoms with Crippen molar-refractivity contribution in [1.29, 1.82) is 5.26 Å². The molecule has 0 saturated carbocycles. The molecule has 0 bridgehead atoms. The molecule has 1 aromatic carbocycles. The van der Waals surface area contributed by atoms with Crippen LogP contribution in [0.2, 0.25) is 0 Å². The van der Waals surface area contributed by atoms with Crippen molar-refractivity contribution >= 4 is 38.0 Å². The molecule has 0 atom stereocenters. The molecule has 0 amide bonds. The van der Waals surface area contributed by atoms with Crippen molar-refractivity contribution in [3.63, 3.8) is 0 Å². The van der Waals surface area contributed by atoms with Crippen LogP contribution in [0.1, 0.15) is 11.1 Å². The van der Waals surface area contributed by atoms with Gasteiger partial charge in [-0.2, -0.15) is 5.26 Å². The van der Waals surface area contributed by atoms with Crippen molar-refractivity contribution in [2.24, 2.45) is 0 Å². The average Bonchev–Trinajstić information content (AvgIpc) is 2.86. The fourth-order valence-electron chi connectivity index (χ4n) is 1.60. The molecule has 0 unspecified atom stereocenters. The van der Waals surface area contributed by atoms with E-state index >= 15 is 0 Å². The lowest BCUT2D eigenvalue weighted by atomic mass is 10.2. The van der Waals surface area contributed by atoms with Crippen LogP contribution in [0, 0.1) is 11.3 Å². The highest BCUT2D eigenvalue weighted by atomic mass is 35.5. The lowest BCUT2D eigenvalue weighted by Gasteiger charge is -2.07. The zero-order valence-corrected chi connectivity index (χ0v) is 12.7. The normalized spacial score (nSPS) is 11.0. The van der Waals surface area contributed by atoms with E-state index in [1.165, 1.54) is 23.5 Å². The fraction of sp³-hybridized carbons (Fsp3) is 0.154. The van der Waals surface area contributed by atoms with Gasteiger partial charge in [-0.05, 0) is 35.6 Å². The lowest BCUT2D eigenvalue weighted by molar-refractivity contribution is 0.601. The third-order valence-corrected chi connectivity index (χ3v) is 5.14. The summed E-state index contributed by atoms with van der Waals surface area (Å²) in [6.07, 6.45) is 0.693. The maximum absolute atomic E-state index is 12.2. The maximum Gasteiger partial charge on any atom is 0.262 e. The van der Waals surface area contributed by atoms with Crippen LogP contribution in [-0.2, 0) is 16.4 Å². The van der Waals surface area contributed by atoms with E-state index in [0.717, 1.165) is 5.56 Å². The highest BCUT2D eigenvalue weighted by Crippen LogP contribution is 2.25. The van der Waals surface area contributed by atoms with Gasteiger partial charge in [-0.3, -0.25) is 4.72 Å². The largest absolute Gasteiger partial charge is 0.269 e. The van der Waals surface area contributed by atoms with E-state index in [1.807, 2.05) is 6.07 Å². The number of hydrogen-bond donors (Lipinski definition) is 1. The van der Waals surface area contributed by atoms with Crippen LogP contribution >= 0.6 is 22.9 Å². The van der Waals surface area contributed by atoms with Crippen LogP contribution in [0.3, 0.4) is 0 Å². The van der Waals surface area contributed by atoms with Crippen LogP contribution < -0.4 is 4.72 Å². The van der Waals surface area contributed by atoms with Gasteiger partial charge in [0, 0.05) is 5.88 Å². The molecule has 20 heavy (non-hydrogen) atoms. The Morgan fingerprint density at radius 3 is 2.55 bits per heavy atom. The quantitative estimate of drug-likeness (QED) is 0.858. The van der Waals surface area contributed by atoms with Crippen LogP contribution in [0.15, 0.2) is 40.6 Å². The molecule has 0 fully saturated rings. The Labute approximate surface area is 126 Å². The molecule has 0 spiro atoms. The number of halogens is 1. The molecule has 0 aliphatic heterocycles. The molecule has 0 aliphatic carbocycles. The monoisotopic (exact) mass is 326 g/mol. The summed E-state index contributed by atoms with van der Waals surface area (Å²) in [5, 5.41) is 10.9. The van der Waals surface area contributed by atoms with Crippen LogP contribution in [-0.4, -0.2) is 14.3 Å². The Balaban J connectivity index is 2.24. The third kappa shape index (κ3) is 3.31. The Bertz CT molecular complexity index is 730. The zero-order valence-electron chi connectivity index (χ0n) is 10.3. The predicted molar refractivity (Wildman–Crippen MR) is 80.7 cm³/mol. The van der Waals surface area contributed by atoms with E-state index in [-0.39, 0.29) is 4.90 Å². The number of sulfonamides is 1. The molecule has 1 N–H and O–H groups in total. The van der Waals surface area contributed by atoms with E-state index in [1.54, 1.807) is 23.6 Å². The van der Waals surface area contributed by atoms with Gasteiger partial charge in [0.05, 0.1) is 10.5 Å². The minimum Gasteiger partial charge on any atom is -0.269 e. The molecule has 1 heterocycles. The number of anilines is 1. The van der Waals surface area contributed by atoms with Crippen molar-refractivity contribution in [2.75, 3.05) is 10.6 Å². The first-order valence-electron chi connectivity index (χ1n) is 5.72. The van der Waals surface area contributed by atoms with E-state index in [0.29, 0.717) is 22.9 Å². The Morgan fingerprint density at radius 1 is 1.25 bits per heavy atom. The Hall–Kier alpha value is -1.55. The number of thiophene rings is 1. The minimum absolute atomic E-state index is 0.160. The van der Waals surface area contributed by atoms with Crippen molar-refractivity contribution < 1.29 is 8.42 Å². The number of rotatable bonds is 5. The second-order valence-corrected chi connectivity index (χ2v) is 6.94. The van der Waals surface area contributed by atoms with Gasteiger partial charge in [0.15, 0.2) is 0 Å².